The quantitative estimate of drug-likeness (QED) is 0.892. The first-order valence-corrected chi connectivity index (χ1v) is 8.53. The number of hydrogen-bond donors (Lipinski definition) is 2. The maximum atomic E-state index is 12.1. The third kappa shape index (κ3) is 4.32. The summed E-state index contributed by atoms with van der Waals surface area (Å²) in [6.07, 6.45) is 6.02. The summed E-state index contributed by atoms with van der Waals surface area (Å²) in [4.78, 5) is 22.1. The number of likely N-dealkylation sites (N-methyl/N-ethyl adjacent to an activating group) is 1. The Kier molecular flexibility index (Phi) is 4.96. The van der Waals surface area contributed by atoms with E-state index in [0.717, 1.165) is 29.7 Å². The lowest BCUT2D eigenvalue weighted by atomic mass is 9.95. The number of carbonyl (C=O) groups is 1. The van der Waals surface area contributed by atoms with Crippen LogP contribution >= 0.6 is 0 Å². The molecule has 0 bridgehead atoms. The lowest BCUT2D eigenvalue weighted by Crippen LogP contribution is -2.41. The number of imidazole rings is 1. The van der Waals surface area contributed by atoms with E-state index in [1.165, 1.54) is 24.8 Å². The molecule has 1 aromatic heterocycles. The Morgan fingerprint density at radius 3 is 2.91 bits per heavy atom. The minimum Gasteiger partial charge on any atom is -0.352 e. The number of carbonyl (C=O) groups excluding carboxylic acids is 1. The summed E-state index contributed by atoms with van der Waals surface area (Å²) in [7, 11) is 1.96. The van der Waals surface area contributed by atoms with Crippen LogP contribution in [0.15, 0.2) is 18.2 Å². The van der Waals surface area contributed by atoms with Crippen LogP contribution in [0.1, 0.15) is 43.5 Å². The fraction of sp³-hybridized carbons (Fsp3) is 0.556. The Bertz CT molecular complexity index is 673. The molecular formula is C18H26N4O. The van der Waals surface area contributed by atoms with Gasteiger partial charge in [-0.15, -0.1) is 0 Å². The lowest BCUT2D eigenvalue weighted by molar-refractivity contribution is -0.123. The van der Waals surface area contributed by atoms with Crippen LogP contribution in [0, 0.1) is 6.92 Å². The molecule has 0 unspecified atom stereocenters. The summed E-state index contributed by atoms with van der Waals surface area (Å²) in [5.41, 5.74) is 3.25. The van der Waals surface area contributed by atoms with Crippen LogP contribution in [0.5, 0.6) is 0 Å². The molecule has 2 N–H and O–H groups in total. The maximum Gasteiger partial charge on any atom is 0.234 e. The van der Waals surface area contributed by atoms with Gasteiger partial charge in [0.15, 0.2) is 0 Å². The highest BCUT2D eigenvalue weighted by Gasteiger charge is 2.17. The van der Waals surface area contributed by atoms with Crippen molar-refractivity contribution in [3.8, 4) is 0 Å². The van der Waals surface area contributed by atoms with Crippen molar-refractivity contribution in [3.63, 3.8) is 0 Å². The predicted molar refractivity (Wildman–Crippen MR) is 92.2 cm³/mol. The summed E-state index contributed by atoms with van der Waals surface area (Å²) < 4.78 is 0. The molecule has 5 nitrogen and oxygen atoms in total. The van der Waals surface area contributed by atoms with Crippen molar-refractivity contribution >= 4 is 16.9 Å². The number of benzene rings is 1. The van der Waals surface area contributed by atoms with E-state index >= 15 is 0 Å². The topological polar surface area (TPSA) is 61.0 Å². The zero-order valence-electron chi connectivity index (χ0n) is 14.1. The van der Waals surface area contributed by atoms with Crippen molar-refractivity contribution in [1.29, 1.82) is 0 Å². The third-order valence-corrected chi connectivity index (χ3v) is 4.49. The number of H-pyrrole nitrogens is 1. The van der Waals surface area contributed by atoms with Gasteiger partial charge in [0.1, 0.15) is 5.82 Å². The fourth-order valence-electron chi connectivity index (χ4n) is 3.33. The highest BCUT2D eigenvalue weighted by molar-refractivity contribution is 5.78. The van der Waals surface area contributed by atoms with Crippen molar-refractivity contribution in [2.24, 2.45) is 0 Å². The van der Waals surface area contributed by atoms with Crippen LogP contribution in [0.4, 0.5) is 0 Å². The molecule has 0 spiro atoms. The van der Waals surface area contributed by atoms with E-state index in [1.807, 2.05) is 18.0 Å². The molecule has 5 heteroatoms. The number of hydrogen-bond acceptors (Lipinski definition) is 3. The van der Waals surface area contributed by atoms with Crippen molar-refractivity contribution < 1.29 is 4.79 Å². The SMILES string of the molecule is Cc1ccc2nc(CN(C)CC(=O)NC3CCCCC3)[nH]c2c1. The number of amides is 1. The van der Waals surface area contributed by atoms with E-state index in [-0.39, 0.29) is 5.91 Å². The number of aromatic nitrogens is 2. The molecule has 1 heterocycles. The monoisotopic (exact) mass is 314 g/mol. The molecule has 3 rings (SSSR count). The third-order valence-electron chi connectivity index (χ3n) is 4.49. The number of aromatic amines is 1. The van der Waals surface area contributed by atoms with Crippen molar-refractivity contribution in [2.45, 2.75) is 51.6 Å². The largest absolute Gasteiger partial charge is 0.352 e. The average Bonchev–Trinajstić information content (AvgIpc) is 2.89. The van der Waals surface area contributed by atoms with Gasteiger partial charge in [0.2, 0.25) is 5.91 Å². The normalized spacial score (nSPS) is 16.1. The summed E-state index contributed by atoms with van der Waals surface area (Å²) in [5, 5.41) is 3.16. The smallest absolute Gasteiger partial charge is 0.234 e. The summed E-state index contributed by atoms with van der Waals surface area (Å²) >= 11 is 0. The highest BCUT2D eigenvalue weighted by Crippen LogP contribution is 2.17. The first kappa shape index (κ1) is 16.0. The van der Waals surface area contributed by atoms with Gasteiger partial charge in [-0.25, -0.2) is 4.98 Å². The Hall–Kier alpha value is -1.88. The zero-order chi connectivity index (χ0) is 16.2. The van der Waals surface area contributed by atoms with Crippen molar-refractivity contribution in [1.82, 2.24) is 20.2 Å². The predicted octanol–water partition coefficient (Wildman–Crippen LogP) is 2.75. The van der Waals surface area contributed by atoms with Crippen LogP contribution < -0.4 is 5.32 Å². The van der Waals surface area contributed by atoms with E-state index in [1.54, 1.807) is 0 Å². The van der Waals surface area contributed by atoms with Crippen LogP contribution in [-0.2, 0) is 11.3 Å². The van der Waals surface area contributed by atoms with Gasteiger partial charge in [-0.2, -0.15) is 0 Å². The standard InChI is InChI=1S/C18H26N4O/c1-13-8-9-15-16(10-13)21-17(20-15)11-22(2)12-18(23)19-14-6-4-3-5-7-14/h8-10,14H,3-7,11-12H2,1-2H3,(H,19,23)(H,20,21). The Balaban J connectivity index is 1.53. The second kappa shape index (κ2) is 7.13. The molecule has 124 valence electrons. The van der Waals surface area contributed by atoms with Gasteiger partial charge in [0, 0.05) is 6.04 Å². The summed E-state index contributed by atoms with van der Waals surface area (Å²) in [6, 6.07) is 6.56. The van der Waals surface area contributed by atoms with E-state index in [4.69, 9.17) is 0 Å². The molecule has 1 aromatic carbocycles. The molecule has 1 amide bonds. The molecule has 1 aliphatic rings. The first-order chi connectivity index (χ1) is 11.1. The second-order valence-electron chi connectivity index (χ2n) is 6.78. The fourth-order valence-corrected chi connectivity index (χ4v) is 3.33. The number of aryl methyl sites for hydroxylation is 1. The number of rotatable bonds is 5. The first-order valence-electron chi connectivity index (χ1n) is 8.53. The molecule has 0 radical (unpaired) electrons. The van der Waals surface area contributed by atoms with Crippen LogP contribution in [-0.4, -0.2) is 40.4 Å². The van der Waals surface area contributed by atoms with Gasteiger partial charge < -0.3 is 10.3 Å². The van der Waals surface area contributed by atoms with Crippen LogP contribution in [0.2, 0.25) is 0 Å². The van der Waals surface area contributed by atoms with Crippen molar-refractivity contribution in [2.75, 3.05) is 13.6 Å². The lowest BCUT2D eigenvalue weighted by Gasteiger charge is -2.24. The zero-order valence-corrected chi connectivity index (χ0v) is 14.1. The molecule has 1 saturated carbocycles. The van der Waals surface area contributed by atoms with E-state index in [9.17, 15) is 4.79 Å². The average molecular weight is 314 g/mol. The summed E-state index contributed by atoms with van der Waals surface area (Å²) in [6.45, 7) is 3.13. The minimum absolute atomic E-state index is 0.117. The maximum absolute atomic E-state index is 12.1. The van der Waals surface area contributed by atoms with E-state index in [2.05, 4.69) is 34.3 Å². The number of nitrogens with zero attached hydrogens (tertiary/aromatic N) is 2. The Morgan fingerprint density at radius 2 is 2.13 bits per heavy atom. The number of nitrogens with one attached hydrogen (secondary N) is 2. The minimum atomic E-state index is 0.117. The van der Waals surface area contributed by atoms with E-state index in [0.29, 0.717) is 19.1 Å². The number of fused-ring (bicyclic) bond motifs is 1. The molecule has 0 atom stereocenters. The van der Waals surface area contributed by atoms with Gasteiger partial charge in [0.25, 0.3) is 0 Å². The second-order valence-corrected chi connectivity index (χ2v) is 6.78. The van der Waals surface area contributed by atoms with Gasteiger partial charge in [0.05, 0.1) is 24.1 Å². The van der Waals surface area contributed by atoms with E-state index < -0.39 is 0 Å². The van der Waals surface area contributed by atoms with Crippen molar-refractivity contribution in [3.05, 3.63) is 29.6 Å². The van der Waals surface area contributed by atoms with Gasteiger partial charge in [-0.3, -0.25) is 9.69 Å². The molecular weight excluding hydrogens is 288 g/mol. The van der Waals surface area contributed by atoms with Gasteiger partial charge in [-0.1, -0.05) is 25.3 Å². The molecule has 1 aliphatic carbocycles. The summed E-state index contributed by atoms with van der Waals surface area (Å²) in [5.74, 6) is 1.02. The van der Waals surface area contributed by atoms with Crippen LogP contribution in [0.3, 0.4) is 0 Å². The molecule has 0 saturated heterocycles. The van der Waals surface area contributed by atoms with Gasteiger partial charge >= 0.3 is 0 Å². The highest BCUT2D eigenvalue weighted by atomic mass is 16.2. The molecule has 23 heavy (non-hydrogen) atoms. The Labute approximate surface area is 137 Å². The molecule has 1 fully saturated rings. The van der Waals surface area contributed by atoms with Crippen LogP contribution in [0.25, 0.3) is 11.0 Å². The molecule has 2 aromatic rings. The Morgan fingerprint density at radius 1 is 1.35 bits per heavy atom. The molecule has 0 aliphatic heterocycles. The van der Waals surface area contributed by atoms with Gasteiger partial charge in [-0.05, 0) is 44.5 Å².